The van der Waals surface area contributed by atoms with Gasteiger partial charge in [0, 0.05) is 0 Å². The number of hydrogen-bond acceptors (Lipinski definition) is 4. The second kappa shape index (κ2) is 6.72. The first-order valence-corrected chi connectivity index (χ1v) is 8.34. The lowest BCUT2D eigenvalue weighted by Crippen LogP contribution is -2.27. The first-order valence-electron chi connectivity index (χ1n) is 7.05. The monoisotopic (exact) mass is 339 g/mol. The molecule has 1 aromatic heterocycles. The number of oxazole rings is 1. The van der Waals surface area contributed by atoms with E-state index in [1.165, 1.54) is 0 Å². The van der Waals surface area contributed by atoms with E-state index in [2.05, 4.69) is 30.5 Å². The molecule has 0 aliphatic heterocycles. The second-order valence-corrected chi connectivity index (χ2v) is 9.69. The van der Waals surface area contributed by atoms with Crippen LogP contribution in [0.15, 0.2) is 4.42 Å². The number of nitrogens with zero attached hydrogens (tertiary/aromatic N) is 1. The summed E-state index contributed by atoms with van der Waals surface area (Å²) in [7, 11) is -0.807. The van der Waals surface area contributed by atoms with Crippen LogP contribution in [-0.2, 0) is 21.4 Å². The number of hydrogen-bond donors (Lipinski definition) is 0. The summed E-state index contributed by atoms with van der Waals surface area (Å²) < 4.78 is 52.3. The van der Waals surface area contributed by atoms with Gasteiger partial charge in [-0.15, -0.1) is 0 Å². The molecule has 0 aromatic carbocycles. The first kappa shape index (κ1) is 19.2. The van der Waals surface area contributed by atoms with Crippen molar-refractivity contribution < 1.29 is 26.8 Å². The minimum Gasteiger partial charge on any atom is -0.440 e. The van der Waals surface area contributed by atoms with Gasteiger partial charge in [0.25, 0.3) is 0 Å². The molecule has 0 saturated heterocycles. The van der Waals surface area contributed by atoms with Crippen LogP contribution in [0.5, 0.6) is 0 Å². The molecule has 0 aliphatic carbocycles. The highest BCUT2D eigenvalue weighted by atomic mass is 28.2. The SMILES string of the molecule is Cc1nc(COCC(F)(F)F)oc1C(C)(C)O[SiH2]C(C)(C)C. The highest BCUT2D eigenvalue weighted by Gasteiger charge is 2.31. The van der Waals surface area contributed by atoms with Crippen molar-refractivity contribution in [2.45, 2.75) is 65.0 Å². The fraction of sp³-hybridized carbons (Fsp3) is 0.786. The third-order valence-corrected chi connectivity index (χ3v) is 4.48. The van der Waals surface area contributed by atoms with Gasteiger partial charge in [-0.1, -0.05) is 20.8 Å². The summed E-state index contributed by atoms with van der Waals surface area (Å²) in [5.74, 6) is 0.667. The van der Waals surface area contributed by atoms with E-state index in [1.54, 1.807) is 6.92 Å². The van der Waals surface area contributed by atoms with E-state index in [9.17, 15) is 13.2 Å². The van der Waals surface area contributed by atoms with Crippen molar-refractivity contribution in [2.75, 3.05) is 6.61 Å². The predicted octanol–water partition coefficient (Wildman–Crippen LogP) is 3.62. The molecule has 0 spiro atoms. The zero-order chi connectivity index (χ0) is 17.2. The molecule has 8 heteroatoms. The highest BCUT2D eigenvalue weighted by molar-refractivity contribution is 6.31. The summed E-state index contributed by atoms with van der Waals surface area (Å²) in [6, 6.07) is 0. The Bertz CT molecular complexity index is 493. The van der Waals surface area contributed by atoms with E-state index in [0.717, 1.165) is 0 Å². The van der Waals surface area contributed by atoms with Crippen LogP contribution in [0, 0.1) is 6.92 Å². The van der Waals surface area contributed by atoms with Gasteiger partial charge in [-0.3, -0.25) is 0 Å². The van der Waals surface area contributed by atoms with E-state index in [0.29, 0.717) is 11.5 Å². The average molecular weight is 339 g/mol. The molecule has 1 aromatic rings. The van der Waals surface area contributed by atoms with Crippen molar-refractivity contribution >= 4 is 9.76 Å². The molecule has 0 unspecified atom stereocenters. The van der Waals surface area contributed by atoms with Gasteiger partial charge in [0.2, 0.25) is 5.89 Å². The van der Waals surface area contributed by atoms with Gasteiger partial charge in [-0.25, -0.2) is 4.98 Å². The second-order valence-electron chi connectivity index (χ2n) is 6.99. The molecule has 1 rings (SSSR count). The largest absolute Gasteiger partial charge is 0.440 e. The lowest BCUT2D eigenvalue weighted by atomic mass is 10.1. The van der Waals surface area contributed by atoms with Crippen molar-refractivity contribution in [3.05, 3.63) is 17.3 Å². The van der Waals surface area contributed by atoms with E-state index in [-0.39, 0.29) is 17.5 Å². The molecule has 0 bridgehead atoms. The zero-order valence-electron chi connectivity index (χ0n) is 13.9. The Morgan fingerprint density at radius 2 is 1.73 bits per heavy atom. The number of alkyl halides is 3. The quantitative estimate of drug-likeness (QED) is 0.743. The van der Waals surface area contributed by atoms with Gasteiger partial charge >= 0.3 is 6.18 Å². The molecule has 0 radical (unpaired) electrons. The molecule has 0 saturated carbocycles. The lowest BCUT2D eigenvalue weighted by Gasteiger charge is -2.28. The van der Waals surface area contributed by atoms with E-state index >= 15 is 0 Å². The molecule has 22 heavy (non-hydrogen) atoms. The highest BCUT2D eigenvalue weighted by Crippen LogP contribution is 2.32. The molecule has 0 N–H and O–H groups in total. The minimum absolute atomic E-state index is 0.129. The summed E-state index contributed by atoms with van der Waals surface area (Å²) in [5.41, 5.74) is -0.0442. The van der Waals surface area contributed by atoms with Gasteiger partial charge in [0.05, 0.1) is 5.69 Å². The molecule has 128 valence electrons. The number of aromatic nitrogens is 1. The van der Waals surface area contributed by atoms with E-state index in [4.69, 9.17) is 8.84 Å². The Kier molecular flexibility index (Phi) is 5.86. The van der Waals surface area contributed by atoms with Crippen LogP contribution in [0.4, 0.5) is 13.2 Å². The first-order chi connectivity index (χ1) is 9.80. The maximum atomic E-state index is 12.1. The molecular formula is C14H24F3NO3Si. The fourth-order valence-corrected chi connectivity index (χ4v) is 2.71. The molecule has 0 aliphatic rings. The summed E-state index contributed by atoms with van der Waals surface area (Å²) in [5, 5.41) is 0.129. The van der Waals surface area contributed by atoms with Crippen LogP contribution in [-0.4, -0.2) is 27.5 Å². The number of ether oxygens (including phenoxy) is 1. The Labute approximate surface area is 131 Å². The Balaban J connectivity index is 2.71. The topological polar surface area (TPSA) is 44.5 Å². The Morgan fingerprint density at radius 1 is 1.14 bits per heavy atom. The van der Waals surface area contributed by atoms with Crippen LogP contribution >= 0.6 is 0 Å². The van der Waals surface area contributed by atoms with E-state index in [1.807, 2.05) is 13.8 Å². The summed E-state index contributed by atoms with van der Waals surface area (Å²) in [6.45, 7) is 10.2. The minimum atomic E-state index is -4.36. The van der Waals surface area contributed by atoms with Crippen LogP contribution in [0.1, 0.15) is 52.0 Å². The zero-order valence-corrected chi connectivity index (χ0v) is 15.3. The van der Waals surface area contributed by atoms with Crippen molar-refractivity contribution in [3.63, 3.8) is 0 Å². The maximum Gasteiger partial charge on any atom is 0.411 e. The number of halogens is 3. The van der Waals surface area contributed by atoms with Crippen LogP contribution in [0.2, 0.25) is 5.04 Å². The molecule has 0 atom stereocenters. The summed E-state index contributed by atoms with van der Waals surface area (Å²) in [6.07, 6.45) is -4.36. The molecule has 1 heterocycles. The number of rotatable bonds is 6. The summed E-state index contributed by atoms with van der Waals surface area (Å²) >= 11 is 0. The smallest absolute Gasteiger partial charge is 0.411 e. The lowest BCUT2D eigenvalue weighted by molar-refractivity contribution is -0.178. The van der Waals surface area contributed by atoms with Crippen molar-refractivity contribution in [1.29, 1.82) is 0 Å². The Hall–Kier alpha value is -0.863. The van der Waals surface area contributed by atoms with Crippen molar-refractivity contribution in [3.8, 4) is 0 Å². The third-order valence-electron chi connectivity index (χ3n) is 2.74. The van der Waals surface area contributed by atoms with E-state index < -0.39 is 28.1 Å². The van der Waals surface area contributed by atoms with Gasteiger partial charge in [0.1, 0.15) is 18.8 Å². The van der Waals surface area contributed by atoms with Crippen LogP contribution < -0.4 is 0 Å². The van der Waals surface area contributed by atoms with Crippen LogP contribution in [0.3, 0.4) is 0 Å². The normalized spacial score (nSPS) is 14.2. The average Bonchev–Trinajstić information content (AvgIpc) is 2.66. The standard InChI is InChI=1S/C14H24F3NO3Si/c1-9-11(13(5,6)21-22-12(2,3)4)20-10(18-9)7-19-8-14(15,16)17/h7-8,22H2,1-6H3. The molecule has 4 nitrogen and oxygen atoms in total. The van der Waals surface area contributed by atoms with Gasteiger partial charge < -0.3 is 13.6 Å². The molecular weight excluding hydrogens is 315 g/mol. The number of aryl methyl sites for hydroxylation is 1. The predicted molar refractivity (Wildman–Crippen MR) is 79.3 cm³/mol. The van der Waals surface area contributed by atoms with Crippen molar-refractivity contribution in [1.82, 2.24) is 4.98 Å². The third kappa shape index (κ3) is 6.49. The molecule has 0 fully saturated rings. The van der Waals surface area contributed by atoms with Gasteiger partial charge in [0.15, 0.2) is 15.5 Å². The van der Waals surface area contributed by atoms with Gasteiger partial charge in [-0.05, 0) is 25.8 Å². The van der Waals surface area contributed by atoms with Crippen LogP contribution in [0.25, 0.3) is 0 Å². The fourth-order valence-electron chi connectivity index (χ4n) is 1.79. The molecule has 0 amide bonds. The summed E-state index contributed by atoms with van der Waals surface area (Å²) in [4.78, 5) is 4.12. The maximum absolute atomic E-state index is 12.1. The Morgan fingerprint density at radius 3 is 2.23 bits per heavy atom. The van der Waals surface area contributed by atoms with Crippen molar-refractivity contribution in [2.24, 2.45) is 0 Å². The van der Waals surface area contributed by atoms with Gasteiger partial charge in [-0.2, -0.15) is 13.2 Å².